The van der Waals surface area contributed by atoms with Crippen LogP contribution in [0.1, 0.15) is 13.3 Å². The van der Waals surface area contributed by atoms with Crippen molar-refractivity contribution in [1.29, 1.82) is 0 Å². The molecule has 0 saturated carbocycles. The fourth-order valence-electron chi connectivity index (χ4n) is 2.22. The number of halogens is 3. The van der Waals surface area contributed by atoms with Crippen molar-refractivity contribution in [1.82, 2.24) is 4.31 Å². The van der Waals surface area contributed by atoms with Crippen molar-refractivity contribution in [2.45, 2.75) is 24.3 Å². The topological polar surface area (TPSA) is 63.4 Å². The average molecular weight is 343 g/mol. The maximum atomic E-state index is 13.0. The first-order valence-corrected chi connectivity index (χ1v) is 7.85. The molecule has 4 nitrogen and oxygen atoms in total. The van der Waals surface area contributed by atoms with Crippen molar-refractivity contribution >= 4 is 34.0 Å². The third-order valence-corrected chi connectivity index (χ3v) is 5.79. The molecule has 2 atom stereocenters. The van der Waals surface area contributed by atoms with E-state index in [0.717, 1.165) is 18.6 Å². The molecular formula is C12H17Cl2FN2O2S. The van der Waals surface area contributed by atoms with Gasteiger partial charge in [-0.15, -0.1) is 12.4 Å². The van der Waals surface area contributed by atoms with Crippen LogP contribution in [0.2, 0.25) is 5.02 Å². The highest BCUT2D eigenvalue weighted by molar-refractivity contribution is 7.89. The van der Waals surface area contributed by atoms with Crippen LogP contribution in [0.3, 0.4) is 0 Å². The molecule has 2 rings (SSSR count). The van der Waals surface area contributed by atoms with Gasteiger partial charge in [0.25, 0.3) is 0 Å². The van der Waals surface area contributed by atoms with Crippen LogP contribution in [-0.4, -0.2) is 31.9 Å². The lowest BCUT2D eigenvalue weighted by Gasteiger charge is -2.18. The second kappa shape index (κ2) is 6.58. The van der Waals surface area contributed by atoms with Crippen molar-refractivity contribution in [2.24, 2.45) is 11.7 Å². The molecule has 2 unspecified atom stereocenters. The van der Waals surface area contributed by atoms with Gasteiger partial charge >= 0.3 is 0 Å². The summed E-state index contributed by atoms with van der Waals surface area (Å²) in [5.41, 5.74) is 5.79. The Morgan fingerprint density at radius 2 is 2.15 bits per heavy atom. The second-order valence-electron chi connectivity index (χ2n) is 4.85. The molecule has 1 heterocycles. The first-order chi connectivity index (χ1) is 8.82. The summed E-state index contributed by atoms with van der Waals surface area (Å²) < 4.78 is 39.2. The lowest BCUT2D eigenvalue weighted by Crippen LogP contribution is -2.33. The minimum absolute atomic E-state index is 0. The van der Waals surface area contributed by atoms with Gasteiger partial charge in [0, 0.05) is 19.1 Å². The minimum Gasteiger partial charge on any atom is -0.328 e. The Balaban J connectivity index is 0.00000200. The number of nitrogens with two attached hydrogens (primary N) is 1. The molecule has 1 fully saturated rings. The molecule has 0 bridgehead atoms. The van der Waals surface area contributed by atoms with Crippen LogP contribution in [0, 0.1) is 11.7 Å². The first kappa shape index (κ1) is 17.7. The van der Waals surface area contributed by atoms with E-state index in [4.69, 9.17) is 17.3 Å². The highest BCUT2D eigenvalue weighted by Crippen LogP contribution is 2.29. The summed E-state index contributed by atoms with van der Waals surface area (Å²) in [6.07, 6.45) is 0.732. The number of nitrogens with zero attached hydrogens (tertiary/aromatic N) is 1. The van der Waals surface area contributed by atoms with Gasteiger partial charge in [0.2, 0.25) is 10.0 Å². The van der Waals surface area contributed by atoms with Crippen molar-refractivity contribution in [3.05, 3.63) is 29.0 Å². The van der Waals surface area contributed by atoms with Crippen LogP contribution in [-0.2, 0) is 10.0 Å². The number of hydrogen-bond acceptors (Lipinski definition) is 3. The minimum atomic E-state index is -3.67. The monoisotopic (exact) mass is 342 g/mol. The molecule has 114 valence electrons. The van der Waals surface area contributed by atoms with E-state index in [2.05, 4.69) is 0 Å². The van der Waals surface area contributed by atoms with Crippen LogP contribution in [0.4, 0.5) is 4.39 Å². The van der Waals surface area contributed by atoms with E-state index in [-0.39, 0.29) is 34.3 Å². The lowest BCUT2D eigenvalue weighted by atomic mass is 10.0. The van der Waals surface area contributed by atoms with Crippen LogP contribution in [0.25, 0.3) is 0 Å². The van der Waals surface area contributed by atoms with E-state index < -0.39 is 15.8 Å². The molecule has 1 aromatic carbocycles. The molecule has 2 N–H and O–H groups in total. The van der Waals surface area contributed by atoms with Gasteiger partial charge < -0.3 is 5.73 Å². The van der Waals surface area contributed by atoms with E-state index in [1.54, 1.807) is 0 Å². The summed E-state index contributed by atoms with van der Waals surface area (Å²) in [6, 6.07) is 3.25. The van der Waals surface area contributed by atoms with Gasteiger partial charge in [0.05, 0.1) is 5.02 Å². The number of rotatable bonds is 3. The Kier molecular flexibility index (Phi) is 5.80. The van der Waals surface area contributed by atoms with Gasteiger partial charge in [0.1, 0.15) is 10.7 Å². The van der Waals surface area contributed by atoms with Gasteiger partial charge in [0.15, 0.2) is 0 Å². The summed E-state index contributed by atoms with van der Waals surface area (Å²) in [7, 11) is -3.67. The number of benzene rings is 1. The smallest absolute Gasteiger partial charge is 0.244 e. The Bertz CT molecular complexity index is 581. The van der Waals surface area contributed by atoms with Crippen LogP contribution in [0.15, 0.2) is 23.1 Å². The summed E-state index contributed by atoms with van der Waals surface area (Å²) in [5.74, 6) is -0.409. The average Bonchev–Trinajstić information content (AvgIpc) is 2.78. The van der Waals surface area contributed by atoms with Gasteiger partial charge in [-0.2, -0.15) is 4.31 Å². The number of sulfonamides is 1. The summed E-state index contributed by atoms with van der Waals surface area (Å²) in [6.45, 7) is 2.67. The zero-order chi connectivity index (χ0) is 14.2. The largest absolute Gasteiger partial charge is 0.328 e. The van der Waals surface area contributed by atoms with Crippen molar-refractivity contribution in [3.8, 4) is 0 Å². The molecule has 1 saturated heterocycles. The highest BCUT2D eigenvalue weighted by Gasteiger charge is 2.34. The molecule has 0 aromatic heterocycles. The van der Waals surface area contributed by atoms with Crippen molar-refractivity contribution in [3.63, 3.8) is 0 Å². The zero-order valence-corrected chi connectivity index (χ0v) is 13.3. The van der Waals surface area contributed by atoms with E-state index in [1.165, 1.54) is 10.4 Å². The maximum absolute atomic E-state index is 13.0. The predicted molar refractivity (Wildman–Crippen MR) is 79.2 cm³/mol. The van der Waals surface area contributed by atoms with E-state index in [1.807, 2.05) is 6.92 Å². The molecule has 0 radical (unpaired) electrons. The molecular weight excluding hydrogens is 326 g/mol. The Labute approximate surface area is 129 Å². The third kappa shape index (κ3) is 3.43. The lowest BCUT2D eigenvalue weighted by molar-refractivity contribution is 0.429. The fraction of sp³-hybridized carbons (Fsp3) is 0.500. The summed E-state index contributed by atoms with van der Waals surface area (Å²) >= 11 is 5.82. The Morgan fingerprint density at radius 3 is 2.65 bits per heavy atom. The summed E-state index contributed by atoms with van der Waals surface area (Å²) in [5, 5.41) is -0.0933. The normalized spacial score (nSPS) is 21.5. The zero-order valence-electron chi connectivity index (χ0n) is 10.9. The van der Waals surface area contributed by atoms with Crippen LogP contribution >= 0.6 is 24.0 Å². The molecule has 0 spiro atoms. The molecule has 1 aliphatic rings. The fourth-order valence-corrected chi connectivity index (χ4v) is 4.24. The third-order valence-electron chi connectivity index (χ3n) is 3.44. The van der Waals surface area contributed by atoms with Crippen molar-refractivity contribution < 1.29 is 12.8 Å². The highest BCUT2D eigenvalue weighted by atomic mass is 35.5. The molecule has 0 aliphatic carbocycles. The molecule has 20 heavy (non-hydrogen) atoms. The Morgan fingerprint density at radius 1 is 1.50 bits per heavy atom. The van der Waals surface area contributed by atoms with E-state index >= 15 is 0 Å². The van der Waals surface area contributed by atoms with Gasteiger partial charge in [-0.1, -0.05) is 11.6 Å². The van der Waals surface area contributed by atoms with Crippen LogP contribution in [0.5, 0.6) is 0 Å². The number of hydrogen-bond donors (Lipinski definition) is 1. The Hall–Kier alpha value is -0.400. The standard InChI is InChI=1S/C12H16ClFN2O2S.ClH/c1-8(15)9-4-5-16(7-9)19(17,18)12-3-2-10(14)6-11(12)13;/h2-3,6,8-9H,4-5,7,15H2,1H3;1H. The molecule has 8 heteroatoms. The molecule has 0 amide bonds. The molecule has 1 aromatic rings. The van der Waals surface area contributed by atoms with Crippen LogP contribution < -0.4 is 5.73 Å². The van der Waals surface area contributed by atoms with Gasteiger partial charge in [-0.05, 0) is 37.5 Å². The van der Waals surface area contributed by atoms with E-state index in [0.29, 0.717) is 13.1 Å². The first-order valence-electron chi connectivity index (χ1n) is 6.03. The quantitative estimate of drug-likeness (QED) is 0.916. The second-order valence-corrected chi connectivity index (χ2v) is 7.16. The molecule has 1 aliphatic heterocycles. The SMILES string of the molecule is CC(N)C1CCN(S(=O)(=O)c2ccc(F)cc2Cl)C1.Cl. The van der Waals surface area contributed by atoms with Gasteiger partial charge in [-0.3, -0.25) is 0 Å². The van der Waals surface area contributed by atoms with Crippen molar-refractivity contribution in [2.75, 3.05) is 13.1 Å². The maximum Gasteiger partial charge on any atom is 0.244 e. The van der Waals surface area contributed by atoms with Gasteiger partial charge in [-0.25, -0.2) is 12.8 Å². The predicted octanol–water partition coefficient (Wildman–Crippen LogP) is 2.26. The summed E-state index contributed by atoms with van der Waals surface area (Å²) in [4.78, 5) is -0.0547. The van der Waals surface area contributed by atoms with E-state index in [9.17, 15) is 12.8 Å².